The van der Waals surface area contributed by atoms with E-state index in [-0.39, 0.29) is 18.0 Å². The molecule has 0 aromatic heterocycles. The number of rotatable bonds is 3. The minimum absolute atomic E-state index is 0.0406. The maximum Gasteiger partial charge on any atom is 0.319 e. The van der Waals surface area contributed by atoms with Crippen molar-refractivity contribution in [1.82, 2.24) is 10.2 Å². The van der Waals surface area contributed by atoms with E-state index >= 15 is 0 Å². The molecule has 3 N–H and O–H groups in total. The molecule has 3 atom stereocenters. The number of aliphatic hydroxyl groups excluding tert-OH is 1. The zero-order chi connectivity index (χ0) is 20.4. The highest BCUT2D eigenvalue weighted by molar-refractivity contribution is 5.96. The first-order valence-electron chi connectivity index (χ1n) is 10.3. The van der Waals surface area contributed by atoms with Crippen LogP contribution in [0.3, 0.4) is 0 Å². The summed E-state index contributed by atoms with van der Waals surface area (Å²) < 4.78 is 0. The molecule has 1 fully saturated rings. The van der Waals surface area contributed by atoms with E-state index in [0.717, 1.165) is 30.5 Å². The number of fused-ring (bicyclic) bond motifs is 1. The smallest absolute Gasteiger partial charge is 0.319 e. The van der Waals surface area contributed by atoms with Crippen molar-refractivity contribution in [3.63, 3.8) is 0 Å². The molecule has 0 bridgehead atoms. The van der Waals surface area contributed by atoms with Crippen LogP contribution in [0.15, 0.2) is 48.5 Å². The lowest BCUT2D eigenvalue weighted by Crippen LogP contribution is -2.42. The number of hydrogen-bond acceptors (Lipinski definition) is 3. The molecule has 0 radical (unpaired) electrons. The molecule has 152 valence electrons. The van der Waals surface area contributed by atoms with Gasteiger partial charge < -0.3 is 20.6 Å². The number of benzene rings is 2. The molecule has 6 heteroatoms. The molecule has 2 aromatic rings. The van der Waals surface area contributed by atoms with Gasteiger partial charge in [0.15, 0.2) is 0 Å². The second-order valence-corrected chi connectivity index (χ2v) is 7.97. The second-order valence-electron chi connectivity index (χ2n) is 7.97. The number of aliphatic hydroxyl groups is 1. The number of urea groups is 1. The lowest BCUT2D eigenvalue weighted by Gasteiger charge is -2.33. The zero-order valence-corrected chi connectivity index (χ0v) is 16.6. The van der Waals surface area contributed by atoms with E-state index in [1.165, 1.54) is 6.42 Å². The van der Waals surface area contributed by atoms with Gasteiger partial charge in [0.25, 0.3) is 5.91 Å². The number of piperidine rings is 1. The van der Waals surface area contributed by atoms with Crippen LogP contribution in [0.2, 0.25) is 0 Å². The van der Waals surface area contributed by atoms with Gasteiger partial charge in [0, 0.05) is 30.3 Å². The summed E-state index contributed by atoms with van der Waals surface area (Å²) in [6, 6.07) is 14.2. The molecule has 1 unspecified atom stereocenters. The third-order valence-electron chi connectivity index (χ3n) is 5.94. The number of carbonyl (C=O) groups is 2. The summed E-state index contributed by atoms with van der Waals surface area (Å²) in [7, 11) is 0. The van der Waals surface area contributed by atoms with Crippen molar-refractivity contribution in [1.29, 1.82) is 0 Å². The van der Waals surface area contributed by atoms with E-state index in [2.05, 4.69) is 17.6 Å². The average molecular weight is 393 g/mol. The number of likely N-dealkylation sites (tertiary alicyclic amines) is 1. The Bertz CT molecular complexity index is 896. The van der Waals surface area contributed by atoms with E-state index in [1.54, 1.807) is 24.3 Å². The molecule has 1 aliphatic heterocycles. The standard InChI is InChI=1S/C23H27N3O3/c1-15-6-4-5-13-26(15)22(28)16-9-11-18(12-10-16)24-23(29)25-21-19-8-3-2-7-17(19)14-20(21)27/h2-3,7-12,15,20-21,27H,4-6,13-14H2,1H3,(H2,24,25,29)/t15?,20-,21+/m1/s1. The van der Waals surface area contributed by atoms with Crippen LogP contribution < -0.4 is 10.6 Å². The van der Waals surface area contributed by atoms with E-state index in [9.17, 15) is 14.7 Å². The monoisotopic (exact) mass is 393 g/mol. The molecule has 0 saturated carbocycles. The Balaban J connectivity index is 1.37. The molecular weight excluding hydrogens is 366 g/mol. The molecule has 0 spiro atoms. The zero-order valence-electron chi connectivity index (χ0n) is 16.6. The molecular formula is C23H27N3O3. The van der Waals surface area contributed by atoms with Crippen LogP contribution in [0.5, 0.6) is 0 Å². The van der Waals surface area contributed by atoms with Crippen LogP contribution in [0.1, 0.15) is 53.7 Å². The Hall–Kier alpha value is -2.86. The predicted octanol–water partition coefficient (Wildman–Crippen LogP) is 3.48. The Morgan fingerprint density at radius 3 is 2.59 bits per heavy atom. The second kappa shape index (κ2) is 8.25. The molecule has 29 heavy (non-hydrogen) atoms. The van der Waals surface area contributed by atoms with Crippen LogP contribution in [0, 0.1) is 0 Å². The molecule has 3 amide bonds. The van der Waals surface area contributed by atoms with Crippen molar-refractivity contribution in [2.24, 2.45) is 0 Å². The van der Waals surface area contributed by atoms with E-state index in [4.69, 9.17) is 0 Å². The quantitative estimate of drug-likeness (QED) is 0.747. The van der Waals surface area contributed by atoms with E-state index in [1.807, 2.05) is 29.2 Å². The van der Waals surface area contributed by atoms with Crippen LogP contribution in [-0.2, 0) is 6.42 Å². The van der Waals surface area contributed by atoms with Gasteiger partial charge in [-0.05, 0) is 61.6 Å². The molecule has 2 aromatic carbocycles. The summed E-state index contributed by atoms with van der Waals surface area (Å²) in [6.45, 7) is 2.89. The SMILES string of the molecule is CC1CCCCN1C(=O)c1ccc(NC(=O)N[C@H]2c3ccccc3C[C@H]2O)cc1. The molecule has 2 aliphatic rings. The van der Waals surface area contributed by atoms with Gasteiger partial charge in [-0.1, -0.05) is 24.3 Å². The van der Waals surface area contributed by atoms with Crippen LogP contribution in [0.4, 0.5) is 10.5 Å². The summed E-state index contributed by atoms with van der Waals surface area (Å²) in [5, 5.41) is 15.9. The van der Waals surface area contributed by atoms with Crippen molar-refractivity contribution in [2.75, 3.05) is 11.9 Å². The number of anilines is 1. The first-order chi connectivity index (χ1) is 14.0. The fraction of sp³-hybridized carbons (Fsp3) is 0.391. The molecule has 4 rings (SSSR count). The molecule has 1 saturated heterocycles. The fourth-order valence-electron chi connectivity index (χ4n) is 4.32. The third-order valence-corrected chi connectivity index (χ3v) is 5.94. The summed E-state index contributed by atoms with van der Waals surface area (Å²) in [5.74, 6) is 0.0406. The minimum atomic E-state index is -0.635. The van der Waals surface area contributed by atoms with Gasteiger partial charge in [0.1, 0.15) is 0 Å². The van der Waals surface area contributed by atoms with E-state index < -0.39 is 12.1 Å². The normalized spacial score (nSPS) is 23.4. The van der Waals surface area contributed by atoms with Crippen LogP contribution in [-0.4, -0.2) is 40.6 Å². The van der Waals surface area contributed by atoms with Gasteiger partial charge in [-0.3, -0.25) is 4.79 Å². The maximum atomic E-state index is 12.7. The van der Waals surface area contributed by atoms with Crippen LogP contribution >= 0.6 is 0 Å². The van der Waals surface area contributed by atoms with E-state index in [0.29, 0.717) is 17.7 Å². The molecule has 1 heterocycles. The number of hydrogen-bond donors (Lipinski definition) is 3. The highest BCUT2D eigenvalue weighted by atomic mass is 16.3. The molecule has 6 nitrogen and oxygen atoms in total. The lowest BCUT2D eigenvalue weighted by atomic mass is 10.0. The Morgan fingerprint density at radius 1 is 1.07 bits per heavy atom. The fourth-order valence-corrected chi connectivity index (χ4v) is 4.32. The van der Waals surface area contributed by atoms with Crippen molar-refractivity contribution in [3.8, 4) is 0 Å². The Labute approximate surface area is 170 Å². The number of nitrogens with one attached hydrogen (secondary N) is 2. The number of carbonyl (C=O) groups excluding carboxylic acids is 2. The maximum absolute atomic E-state index is 12.7. The van der Waals surface area contributed by atoms with Crippen molar-refractivity contribution in [2.45, 2.75) is 50.8 Å². The Morgan fingerprint density at radius 2 is 1.83 bits per heavy atom. The lowest BCUT2D eigenvalue weighted by molar-refractivity contribution is 0.0635. The number of nitrogens with zero attached hydrogens (tertiary/aromatic N) is 1. The van der Waals surface area contributed by atoms with Gasteiger partial charge in [0.2, 0.25) is 0 Å². The van der Waals surface area contributed by atoms with Gasteiger partial charge in [-0.25, -0.2) is 4.79 Å². The van der Waals surface area contributed by atoms with Crippen molar-refractivity contribution < 1.29 is 14.7 Å². The van der Waals surface area contributed by atoms with Crippen LogP contribution in [0.25, 0.3) is 0 Å². The first-order valence-corrected chi connectivity index (χ1v) is 10.3. The average Bonchev–Trinajstić information content (AvgIpc) is 3.03. The highest BCUT2D eigenvalue weighted by Crippen LogP contribution is 2.31. The van der Waals surface area contributed by atoms with Gasteiger partial charge in [0.05, 0.1) is 12.1 Å². The van der Waals surface area contributed by atoms with Gasteiger partial charge >= 0.3 is 6.03 Å². The molecule has 1 aliphatic carbocycles. The first kappa shape index (κ1) is 19.5. The van der Waals surface area contributed by atoms with Crippen molar-refractivity contribution in [3.05, 3.63) is 65.2 Å². The van der Waals surface area contributed by atoms with Gasteiger partial charge in [-0.15, -0.1) is 0 Å². The van der Waals surface area contributed by atoms with Crippen molar-refractivity contribution >= 4 is 17.6 Å². The topological polar surface area (TPSA) is 81.7 Å². The Kier molecular flexibility index (Phi) is 5.53. The summed E-state index contributed by atoms with van der Waals surface area (Å²) in [5.41, 5.74) is 3.24. The highest BCUT2D eigenvalue weighted by Gasteiger charge is 2.32. The number of amides is 3. The predicted molar refractivity (Wildman–Crippen MR) is 112 cm³/mol. The summed E-state index contributed by atoms with van der Waals surface area (Å²) in [4.78, 5) is 27.1. The van der Waals surface area contributed by atoms with Gasteiger partial charge in [-0.2, -0.15) is 0 Å². The third kappa shape index (κ3) is 4.12. The minimum Gasteiger partial charge on any atom is -0.390 e. The summed E-state index contributed by atoms with van der Waals surface area (Å²) in [6.07, 6.45) is 3.16. The largest absolute Gasteiger partial charge is 0.390 e. The summed E-state index contributed by atoms with van der Waals surface area (Å²) >= 11 is 0.